The monoisotopic (exact) mass is 716 g/mol. The molecule has 2 N–H and O–H groups in total. The van der Waals surface area contributed by atoms with Crippen LogP contribution in [-0.4, -0.2) is 85.4 Å². The highest BCUT2D eigenvalue weighted by Gasteiger charge is 2.32. The molecule has 0 bridgehead atoms. The lowest BCUT2D eigenvalue weighted by atomic mass is 10.1. The number of hydrogen-bond donors (Lipinski definition) is 2. The van der Waals surface area contributed by atoms with Gasteiger partial charge >= 0.3 is 6.18 Å². The molecule has 13 nitrogen and oxygen atoms in total. The van der Waals surface area contributed by atoms with Crippen molar-refractivity contribution >= 4 is 45.3 Å². The molecule has 2 aromatic carbocycles. The van der Waals surface area contributed by atoms with Crippen LogP contribution >= 0.6 is 0 Å². The van der Waals surface area contributed by atoms with Crippen LogP contribution in [0.4, 0.5) is 24.5 Å². The van der Waals surface area contributed by atoms with E-state index in [9.17, 15) is 32.7 Å². The maximum atomic E-state index is 14.3. The smallest absolute Gasteiger partial charge is 0.416 e. The van der Waals surface area contributed by atoms with Crippen molar-refractivity contribution in [2.45, 2.75) is 39.4 Å². The first kappa shape index (κ1) is 34.7. The van der Waals surface area contributed by atoms with Gasteiger partial charge in [0.25, 0.3) is 11.5 Å². The predicted molar refractivity (Wildman–Crippen MR) is 186 cm³/mol. The van der Waals surface area contributed by atoms with Gasteiger partial charge in [0.1, 0.15) is 23.7 Å². The fourth-order valence-corrected chi connectivity index (χ4v) is 6.77. The lowest BCUT2D eigenvalue weighted by Gasteiger charge is -2.36. The van der Waals surface area contributed by atoms with Crippen LogP contribution in [0.2, 0.25) is 0 Å². The molecular weight excluding hydrogens is 681 g/mol. The highest BCUT2D eigenvalue weighted by atomic mass is 19.4. The SMILES string of the molecule is CCc1c(N2CCN(C(=O)c3nccc4cccc(O)c34)CC2)c(=O)n2nc(C3=CCOCC3)nc2n1CC(=O)Nc1ccc(C(F)(F)F)cc1C. The summed E-state index contributed by atoms with van der Waals surface area (Å²) in [6.45, 7) is 4.88. The number of nitrogens with one attached hydrogen (secondary N) is 1. The van der Waals surface area contributed by atoms with Gasteiger partial charge in [0, 0.05) is 38.1 Å². The van der Waals surface area contributed by atoms with Crippen LogP contribution in [0.15, 0.2) is 59.5 Å². The molecule has 2 aliphatic heterocycles. The first-order chi connectivity index (χ1) is 24.9. The van der Waals surface area contributed by atoms with Crippen molar-refractivity contribution in [3.05, 3.63) is 93.4 Å². The number of rotatable bonds is 7. The number of hydrogen-bond acceptors (Lipinski definition) is 9. The Morgan fingerprint density at radius 2 is 1.87 bits per heavy atom. The Labute approximate surface area is 294 Å². The van der Waals surface area contributed by atoms with E-state index < -0.39 is 23.2 Å². The average Bonchev–Trinajstić information content (AvgIpc) is 3.59. The molecule has 0 aliphatic carbocycles. The van der Waals surface area contributed by atoms with Gasteiger partial charge in [0.05, 0.1) is 29.9 Å². The van der Waals surface area contributed by atoms with Crippen LogP contribution in [0.1, 0.15) is 46.5 Å². The number of anilines is 2. The number of aromatic hydroxyl groups is 1. The van der Waals surface area contributed by atoms with Crippen molar-refractivity contribution in [2.75, 3.05) is 49.6 Å². The van der Waals surface area contributed by atoms with Gasteiger partial charge in [0.15, 0.2) is 5.82 Å². The Balaban J connectivity index is 1.22. The highest BCUT2D eigenvalue weighted by molar-refractivity contribution is 6.07. The summed E-state index contributed by atoms with van der Waals surface area (Å²) >= 11 is 0. The van der Waals surface area contributed by atoms with Crippen molar-refractivity contribution in [3.8, 4) is 5.75 Å². The maximum absolute atomic E-state index is 14.3. The molecule has 7 rings (SSSR count). The normalized spacial score (nSPS) is 15.3. The van der Waals surface area contributed by atoms with Crippen molar-refractivity contribution in [1.29, 1.82) is 0 Å². The molecule has 0 radical (unpaired) electrons. The summed E-state index contributed by atoms with van der Waals surface area (Å²) in [5.41, 5.74) is 0.944. The molecule has 2 amide bonds. The Bertz CT molecular complexity index is 2300. The summed E-state index contributed by atoms with van der Waals surface area (Å²) in [5, 5.41) is 18.9. The van der Waals surface area contributed by atoms with Gasteiger partial charge in [-0.25, -0.2) is 0 Å². The zero-order chi connectivity index (χ0) is 36.7. The second-order valence-corrected chi connectivity index (χ2v) is 12.6. The first-order valence-electron chi connectivity index (χ1n) is 16.8. The van der Waals surface area contributed by atoms with Gasteiger partial charge in [-0.15, -0.1) is 5.10 Å². The van der Waals surface area contributed by atoms with Crippen LogP contribution in [0.25, 0.3) is 22.1 Å². The molecule has 0 spiro atoms. The van der Waals surface area contributed by atoms with Gasteiger partial charge in [-0.1, -0.05) is 25.1 Å². The highest BCUT2D eigenvalue weighted by Crippen LogP contribution is 2.32. The molecule has 52 heavy (non-hydrogen) atoms. The second kappa shape index (κ2) is 13.7. The van der Waals surface area contributed by atoms with E-state index in [1.807, 2.05) is 17.9 Å². The summed E-state index contributed by atoms with van der Waals surface area (Å²) in [4.78, 5) is 54.0. The molecule has 2 aliphatic rings. The summed E-state index contributed by atoms with van der Waals surface area (Å²) < 4.78 is 48.0. The van der Waals surface area contributed by atoms with E-state index in [0.29, 0.717) is 54.0 Å². The molecule has 0 atom stereocenters. The van der Waals surface area contributed by atoms with Crippen LogP contribution in [-0.2, 0) is 28.7 Å². The molecule has 5 heterocycles. The number of nitrogens with zero attached hydrogens (tertiary/aromatic N) is 7. The van der Waals surface area contributed by atoms with E-state index in [1.54, 1.807) is 27.7 Å². The van der Waals surface area contributed by atoms with Crippen LogP contribution in [0.5, 0.6) is 5.75 Å². The fraction of sp³-hybridized carbons (Fsp3) is 0.333. The zero-order valence-electron chi connectivity index (χ0n) is 28.4. The third kappa shape index (κ3) is 6.45. The number of alkyl halides is 3. The Morgan fingerprint density at radius 1 is 1.08 bits per heavy atom. The second-order valence-electron chi connectivity index (χ2n) is 12.6. The molecule has 0 saturated carbocycles. The molecule has 3 aromatic heterocycles. The van der Waals surface area contributed by atoms with Crippen LogP contribution in [0, 0.1) is 6.92 Å². The number of phenols is 1. The number of fused-ring (bicyclic) bond motifs is 2. The summed E-state index contributed by atoms with van der Waals surface area (Å²) in [7, 11) is 0. The zero-order valence-corrected chi connectivity index (χ0v) is 28.4. The maximum Gasteiger partial charge on any atom is 0.416 e. The van der Waals surface area contributed by atoms with Gasteiger partial charge < -0.3 is 29.5 Å². The van der Waals surface area contributed by atoms with Gasteiger partial charge in [0.2, 0.25) is 11.7 Å². The minimum atomic E-state index is -4.53. The predicted octanol–water partition coefficient (Wildman–Crippen LogP) is 4.44. The number of halogens is 3. The Kier molecular flexibility index (Phi) is 9.16. The van der Waals surface area contributed by atoms with Gasteiger partial charge in [-0.05, 0) is 66.6 Å². The molecule has 1 fully saturated rings. The van der Waals surface area contributed by atoms with Crippen molar-refractivity contribution in [3.63, 3.8) is 0 Å². The van der Waals surface area contributed by atoms with E-state index in [2.05, 4.69) is 15.4 Å². The summed E-state index contributed by atoms with van der Waals surface area (Å²) in [6.07, 6.45) is -0.304. The number of ether oxygens (including phenoxy) is 1. The third-order valence-electron chi connectivity index (χ3n) is 9.40. The lowest BCUT2D eigenvalue weighted by Crippen LogP contribution is -2.51. The fourth-order valence-electron chi connectivity index (χ4n) is 6.77. The molecular formula is C36H35F3N8O5. The summed E-state index contributed by atoms with van der Waals surface area (Å²) in [6, 6.07) is 9.80. The number of carbonyl (C=O) groups excluding carboxylic acids is 2. The van der Waals surface area contributed by atoms with Crippen LogP contribution in [0.3, 0.4) is 0 Å². The molecule has 1 saturated heterocycles. The molecule has 16 heteroatoms. The van der Waals surface area contributed by atoms with E-state index in [1.165, 1.54) is 29.8 Å². The Morgan fingerprint density at radius 3 is 2.56 bits per heavy atom. The van der Waals surface area contributed by atoms with E-state index in [-0.39, 0.29) is 67.1 Å². The average molecular weight is 717 g/mol. The van der Waals surface area contributed by atoms with Gasteiger partial charge in [-0.2, -0.15) is 22.7 Å². The van der Waals surface area contributed by atoms with Crippen molar-refractivity contribution in [1.82, 2.24) is 29.0 Å². The quantitative estimate of drug-likeness (QED) is 0.250. The van der Waals surface area contributed by atoms with Gasteiger partial charge in [-0.3, -0.25) is 19.4 Å². The first-order valence-corrected chi connectivity index (χ1v) is 16.8. The van der Waals surface area contributed by atoms with E-state index >= 15 is 0 Å². The number of carbonyl (C=O) groups is 2. The largest absolute Gasteiger partial charge is 0.507 e. The van der Waals surface area contributed by atoms with Crippen molar-refractivity contribution in [2.24, 2.45) is 0 Å². The topological polar surface area (TPSA) is 147 Å². The van der Waals surface area contributed by atoms with E-state index in [0.717, 1.165) is 17.7 Å². The van der Waals surface area contributed by atoms with Crippen molar-refractivity contribution < 1.29 is 32.6 Å². The number of benzene rings is 2. The Hall–Kier alpha value is -5.77. The number of piperazine rings is 1. The number of aryl methyl sites for hydroxylation is 1. The summed E-state index contributed by atoms with van der Waals surface area (Å²) in [5.74, 6) is -0.465. The molecule has 0 unspecified atom stereocenters. The molecule has 270 valence electrons. The number of amides is 2. The lowest BCUT2D eigenvalue weighted by molar-refractivity contribution is -0.137. The molecule has 5 aromatic rings. The standard InChI is InChI=1S/C36H35F3N8O5/c1-3-26-31(44-13-15-45(16-14-44)33(50)30-29-22(9-12-40-30)5-4-6-27(29)48)34(51)47-35(42-32(43-47)23-10-17-52-18-11-23)46(26)20-28(49)41-25-8-7-24(19-21(25)2)36(37,38)39/h4-10,12,19,48H,3,11,13-18,20H2,1-2H3,(H,41,49). The number of phenolic OH excluding ortho intramolecular Hbond substituents is 1. The minimum Gasteiger partial charge on any atom is -0.507 e. The third-order valence-corrected chi connectivity index (χ3v) is 9.40. The number of pyridine rings is 1. The van der Waals surface area contributed by atoms with E-state index in [4.69, 9.17) is 9.72 Å². The number of aromatic nitrogens is 5. The van der Waals surface area contributed by atoms with Crippen LogP contribution < -0.4 is 15.8 Å². The minimum absolute atomic E-state index is 0.0461.